The molecule has 0 unspecified atom stereocenters. The number of benzene rings is 1. The molecule has 86 valence electrons. The summed E-state index contributed by atoms with van der Waals surface area (Å²) in [5.74, 6) is -0.0582. The number of carbonyl (C=O) groups is 1. The molecule has 1 aromatic carbocycles. The first-order valence-electron chi connectivity index (χ1n) is 5.19. The Kier molecular flexibility index (Phi) is 3.20. The summed E-state index contributed by atoms with van der Waals surface area (Å²) >= 11 is 5.79. The van der Waals surface area contributed by atoms with Crippen LogP contribution in [-0.2, 0) is 0 Å². The van der Waals surface area contributed by atoms with Gasteiger partial charge in [-0.25, -0.2) is 0 Å². The predicted octanol–water partition coefficient (Wildman–Crippen LogP) is 2.98. The van der Waals surface area contributed by atoms with Gasteiger partial charge in [-0.15, -0.1) is 0 Å². The van der Waals surface area contributed by atoms with E-state index in [0.29, 0.717) is 21.8 Å². The molecule has 0 aliphatic rings. The van der Waals surface area contributed by atoms with Crippen molar-refractivity contribution in [3.63, 3.8) is 0 Å². The van der Waals surface area contributed by atoms with Gasteiger partial charge in [-0.1, -0.05) is 11.6 Å². The van der Waals surface area contributed by atoms with Gasteiger partial charge in [-0.3, -0.25) is 4.79 Å². The minimum Gasteiger partial charge on any atom is -0.289 e. The van der Waals surface area contributed by atoms with Crippen molar-refractivity contribution >= 4 is 17.4 Å². The summed E-state index contributed by atoms with van der Waals surface area (Å²) in [6.07, 6.45) is 0. The van der Waals surface area contributed by atoms with E-state index in [-0.39, 0.29) is 5.78 Å². The molecule has 0 amide bonds. The average Bonchev–Trinajstić information content (AvgIpc) is 2.32. The Morgan fingerprint density at radius 1 is 1.12 bits per heavy atom. The third kappa shape index (κ3) is 2.50. The maximum Gasteiger partial charge on any atom is 0.194 e. The van der Waals surface area contributed by atoms with Crippen LogP contribution in [0.3, 0.4) is 0 Å². The molecule has 0 fully saturated rings. The van der Waals surface area contributed by atoms with Crippen LogP contribution in [0.4, 0.5) is 0 Å². The van der Waals surface area contributed by atoms with E-state index in [0.717, 1.165) is 5.69 Å². The van der Waals surface area contributed by atoms with Crippen LogP contribution >= 0.6 is 11.6 Å². The lowest BCUT2D eigenvalue weighted by atomic mass is 10.0. The Morgan fingerprint density at radius 3 is 2.41 bits per heavy atom. The Morgan fingerprint density at radius 2 is 1.76 bits per heavy atom. The number of hydrogen-bond acceptors (Lipinski definition) is 3. The van der Waals surface area contributed by atoms with E-state index >= 15 is 0 Å². The molecule has 1 aromatic heterocycles. The quantitative estimate of drug-likeness (QED) is 0.765. The van der Waals surface area contributed by atoms with Crippen LogP contribution in [0.1, 0.15) is 27.3 Å². The molecule has 0 saturated carbocycles. The zero-order valence-electron chi connectivity index (χ0n) is 9.57. The van der Waals surface area contributed by atoms with Gasteiger partial charge >= 0.3 is 0 Å². The van der Waals surface area contributed by atoms with Crippen LogP contribution in [0.5, 0.6) is 0 Å². The van der Waals surface area contributed by atoms with Crippen molar-refractivity contribution in [3.8, 4) is 0 Å². The highest BCUT2D eigenvalue weighted by atomic mass is 35.5. The van der Waals surface area contributed by atoms with Gasteiger partial charge in [0.15, 0.2) is 5.78 Å². The highest BCUT2D eigenvalue weighted by Gasteiger charge is 2.13. The number of hydrogen-bond donors (Lipinski definition) is 0. The van der Waals surface area contributed by atoms with Crippen molar-refractivity contribution in [2.75, 3.05) is 0 Å². The molecule has 2 rings (SSSR count). The first kappa shape index (κ1) is 11.7. The van der Waals surface area contributed by atoms with Crippen LogP contribution in [0.15, 0.2) is 30.3 Å². The van der Waals surface area contributed by atoms with Crippen molar-refractivity contribution in [1.29, 1.82) is 0 Å². The number of halogens is 1. The van der Waals surface area contributed by atoms with E-state index in [1.807, 2.05) is 6.92 Å². The number of carbonyl (C=O) groups excluding carboxylic acids is 1. The third-order valence-corrected chi connectivity index (χ3v) is 2.70. The van der Waals surface area contributed by atoms with Crippen molar-refractivity contribution < 1.29 is 4.79 Å². The monoisotopic (exact) mass is 246 g/mol. The van der Waals surface area contributed by atoms with Crippen molar-refractivity contribution in [1.82, 2.24) is 10.2 Å². The third-order valence-electron chi connectivity index (χ3n) is 2.45. The van der Waals surface area contributed by atoms with Gasteiger partial charge in [0, 0.05) is 16.1 Å². The smallest absolute Gasteiger partial charge is 0.194 e. The molecule has 0 spiro atoms. The van der Waals surface area contributed by atoms with E-state index in [1.165, 1.54) is 0 Å². The maximum atomic E-state index is 12.2. The van der Waals surface area contributed by atoms with E-state index in [2.05, 4.69) is 10.2 Å². The fraction of sp³-hybridized carbons (Fsp3) is 0.154. The standard InChI is InChI=1S/C13H11ClN2O/c1-8-7-12(9(2)16-15-8)13(17)10-3-5-11(14)6-4-10/h3-7H,1-2H3. The summed E-state index contributed by atoms with van der Waals surface area (Å²) in [6, 6.07) is 8.57. The lowest BCUT2D eigenvalue weighted by Crippen LogP contribution is -2.07. The largest absolute Gasteiger partial charge is 0.289 e. The van der Waals surface area contributed by atoms with Crippen LogP contribution in [0.2, 0.25) is 5.02 Å². The summed E-state index contributed by atoms with van der Waals surface area (Å²) < 4.78 is 0. The fourth-order valence-corrected chi connectivity index (χ4v) is 1.66. The zero-order chi connectivity index (χ0) is 12.4. The molecule has 0 radical (unpaired) electrons. The van der Waals surface area contributed by atoms with Gasteiger partial charge in [-0.2, -0.15) is 10.2 Å². The van der Waals surface area contributed by atoms with Crippen molar-refractivity contribution in [3.05, 3.63) is 57.9 Å². The zero-order valence-corrected chi connectivity index (χ0v) is 10.3. The fourth-order valence-electron chi connectivity index (χ4n) is 1.54. The molecule has 1 heterocycles. The SMILES string of the molecule is Cc1cc(C(=O)c2ccc(Cl)cc2)c(C)nn1. The topological polar surface area (TPSA) is 42.9 Å². The van der Waals surface area contributed by atoms with Gasteiger partial charge in [0.2, 0.25) is 0 Å². The van der Waals surface area contributed by atoms with Crippen LogP contribution < -0.4 is 0 Å². The molecule has 0 N–H and O–H groups in total. The molecule has 0 saturated heterocycles. The second kappa shape index (κ2) is 4.63. The molecule has 17 heavy (non-hydrogen) atoms. The molecule has 0 aliphatic carbocycles. The van der Waals surface area contributed by atoms with E-state index in [4.69, 9.17) is 11.6 Å². The predicted molar refractivity (Wildman–Crippen MR) is 66.4 cm³/mol. The lowest BCUT2D eigenvalue weighted by molar-refractivity contribution is 0.103. The van der Waals surface area contributed by atoms with E-state index in [1.54, 1.807) is 37.3 Å². The minimum absolute atomic E-state index is 0.0582. The molecule has 4 heteroatoms. The van der Waals surface area contributed by atoms with E-state index in [9.17, 15) is 4.79 Å². The van der Waals surface area contributed by atoms with Crippen LogP contribution in [0.25, 0.3) is 0 Å². The second-order valence-corrected chi connectivity index (χ2v) is 4.26. The van der Waals surface area contributed by atoms with Crippen LogP contribution in [-0.4, -0.2) is 16.0 Å². The number of nitrogens with zero attached hydrogens (tertiary/aromatic N) is 2. The molecule has 0 aliphatic heterocycles. The highest BCUT2D eigenvalue weighted by Crippen LogP contribution is 2.15. The Labute approximate surface area is 104 Å². The van der Waals surface area contributed by atoms with Crippen LogP contribution in [0, 0.1) is 13.8 Å². The average molecular weight is 247 g/mol. The van der Waals surface area contributed by atoms with Gasteiger partial charge in [-0.05, 0) is 44.2 Å². The minimum atomic E-state index is -0.0582. The second-order valence-electron chi connectivity index (χ2n) is 3.82. The summed E-state index contributed by atoms with van der Waals surface area (Å²) in [4.78, 5) is 12.2. The number of aryl methyl sites for hydroxylation is 2. The molecule has 0 atom stereocenters. The van der Waals surface area contributed by atoms with Gasteiger partial charge < -0.3 is 0 Å². The number of rotatable bonds is 2. The number of ketones is 1. The summed E-state index contributed by atoms with van der Waals surface area (Å²) in [5, 5.41) is 8.47. The lowest BCUT2D eigenvalue weighted by Gasteiger charge is -2.04. The summed E-state index contributed by atoms with van der Waals surface area (Å²) in [7, 11) is 0. The maximum absolute atomic E-state index is 12.2. The van der Waals surface area contributed by atoms with Gasteiger partial charge in [0.05, 0.1) is 11.4 Å². The number of aromatic nitrogens is 2. The first-order chi connectivity index (χ1) is 8.08. The molecular weight excluding hydrogens is 236 g/mol. The summed E-state index contributed by atoms with van der Waals surface area (Å²) in [6.45, 7) is 3.58. The molecule has 3 nitrogen and oxygen atoms in total. The normalized spacial score (nSPS) is 10.3. The Bertz CT molecular complexity index is 564. The van der Waals surface area contributed by atoms with Gasteiger partial charge in [0.25, 0.3) is 0 Å². The van der Waals surface area contributed by atoms with Crippen molar-refractivity contribution in [2.45, 2.75) is 13.8 Å². The molecule has 2 aromatic rings. The molecule has 0 bridgehead atoms. The van der Waals surface area contributed by atoms with Crippen molar-refractivity contribution in [2.24, 2.45) is 0 Å². The molecular formula is C13H11ClN2O. The summed E-state index contributed by atoms with van der Waals surface area (Å²) in [5.41, 5.74) is 2.55. The Balaban J connectivity index is 2.43. The van der Waals surface area contributed by atoms with Gasteiger partial charge in [0.1, 0.15) is 0 Å². The first-order valence-corrected chi connectivity index (χ1v) is 5.57. The Hall–Kier alpha value is -1.74. The highest BCUT2D eigenvalue weighted by molar-refractivity contribution is 6.30. The van der Waals surface area contributed by atoms with E-state index < -0.39 is 0 Å².